The van der Waals surface area contributed by atoms with Gasteiger partial charge in [-0.05, 0) is 57.5 Å². The van der Waals surface area contributed by atoms with Crippen molar-refractivity contribution in [3.63, 3.8) is 0 Å². The molecule has 1 aliphatic heterocycles. The van der Waals surface area contributed by atoms with E-state index in [1.165, 1.54) is 5.56 Å². The Morgan fingerprint density at radius 2 is 2.20 bits per heavy atom. The first-order chi connectivity index (χ1) is 12.1. The maximum atomic E-state index is 11.3. The van der Waals surface area contributed by atoms with Gasteiger partial charge in [0.15, 0.2) is 0 Å². The number of hydrogen-bond donors (Lipinski definition) is 2. The molecule has 1 aliphatic rings. The molecule has 0 atom stereocenters. The Morgan fingerprint density at radius 1 is 1.48 bits per heavy atom. The maximum absolute atomic E-state index is 11.3. The van der Waals surface area contributed by atoms with Crippen molar-refractivity contribution < 1.29 is 4.79 Å². The first-order valence-electron chi connectivity index (χ1n) is 8.59. The van der Waals surface area contributed by atoms with Gasteiger partial charge in [0.1, 0.15) is 18.0 Å². The fourth-order valence-electron chi connectivity index (χ4n) is 3.21. The fraction of sp³-hybridized carbons (Fsp3) is 0.474. The Morgan fingerprint density at radius 3 is 2.80 bits per heavy atom. The summed E-state index contributed by atoms with van der Waals surface area (Å²) in [4.78, 5) is 22.8. The van der Waals surface area contributed by atoms with Crippen LogP contribution in [-0.4, -0.2) is 66.5 Å². The Balaban J connectivity index is 2.01. The largest absolute Gasteiger partial charge is 0.363 e. The van der Waals surface area contributed by atoms with E-state index in [0.717, 1.165) is 50.2 Å². The van der Waals surface area contributed by atoms with Crippen molar-refractivity contribution in [2.75, 3.05) is 33.7 Å². The number of likely N-dealkylation sites (tertiary alicyclic amines) is 1. The molecule has 0 saturated carbocycles. The van der Waals surface area contributed by atoms with Crippen LogP contribution in [0, 0.1) is 5.41 Å². The summed E-state index contributed by atoms with van der Waals surface area (Å²) in [5.41, 5.74) is 3.73. The minimum absolute atomic E-state index is 0.437. The summed E-state index contributed by atoms with van der Waals surface area (Å²) in [5.74, 6) is 2.52. The highest BCUT2D eigenvalue weighted by Crippen LogP contribution is 2.31. The summed E-state index contributed by atoms with van der Waals surface area (Å²) in [6.45, 7) is 4.40. The van der Waals surface area contributed by atoms with Crippen molar-refractivity contribution in [3.8, 4) is 0 Å². The second-order valence-electron chi connectivity index (χ2n) is 6.56. The van der Waals surface area contributed by atoms with Gasteiger partial charge in [0.05, 0.1) is 11.4 Å². The van der Waals surface area contributed by atoms with Crippen LogP contribution in [0.25, 0.3) is 0 Å². The van der Waals surface area contributed by atoms with Gasteiger partial charge in [-0.2, -0.15) is 0 Å². The van der Waals surface area contributed by atoms with E-state index in [-0.39, 0.29) is 0 Å². The molecule has 0 aromatic carbocycles. The van der Waals surface area contributed by atoms with Crippen molar-refractivity contribution in [3.05, 3.63) is 41.4 Å². The quantitative estimate of drug-likeness (QED) is 0.346. The first-order valence-corrected chi connectivity index (χ1v) is 8.59. The molecule has 2 N–H and O–H groups in total. The Hall–Kier alpha value is -2.43. The Labute approximate surface area is 149 Å². The lowest BCUT2D eigenvalue weighted by molar-refractivity contribution is 0.271. The van der Waals surface area contributed by atoms with Gasteiger partial charge in [-0.25, -0.2) is 9.79 Å². The van der Waals surface area contributed by atoms with Crippen molar-refractivity contribution in [1.29, 1.82) is 5.41 Å². The van der Waals surface area contributed by atoms with Gasteiger partial charge in [-0.15, -0.1) is 0 Å². The van der Waals surface area contributed by atoms with E-state index in [9.17, 15) is 4.79 Å². The van der Waals surface area contributed by atoms with Gasteiger partial charge in [0, 0.05) is 25.8 Å². The van der Waals surface area contributed by atoms with E-state index in [1.807, 2.05) is 39.4 Å². The number of aromatic amines is 1. The van der Waals surface area contributed by atoms with Crippen molar-refractivity contribution in [2.24, 2.45) is 4.99 Å². The van der Waals surface area contributed by atoms with Crippen LogP contribution in [0.2, 0.25) is 0 Å². The number of aliphatic imine (C=N–C) groups is 1. The number of allylic oxidation sites excluding steroid dienone is 1. The number of piperidine rings is 1. The lowest BCUT2D eigenvalue weighted by Crippen LogP contribution is -2.32. The van der Waals surface area contributed by atoms with E-state index < -0.39 is 0 Å². The molecule has 2 heterocycles. The lowest BCUT2D eigenvalue weighted by atomic mass is 9.88. The molecule has 0 radical (unpaired) electrons. The van der Waals surface area contributed by atoms with Gasteiger partial charge in [-0.1, -0.05) is 6.08 Å². The van der Waals surface area contributed by atoms with Crippen LogP contribution in [-0.2, 0) is 4.79 Å². The number of H-pyrrole nitrogens is 1. The highest BCUT2D eigenvalue weighted by atomic mass is 16.1. The van der Waals surface area contributed by atoms with Gasteiger partial charge in [-0.3, -0.25) is 5.41 Å². The lowest BCUT2D eigenvalue weighted by Gasteiger charge is -2.33. The molecular formula is C19H27N5O. The van der Waals surface area contributed by atoms with Crippen molar-refractivity contribution in [2.45, 2.75) is 25.7 Å². The molecule has 0 unspecified atom stereocenters. The number of hydrogen-bond acceptors (Lipinski definition) is 4. The van der Waals surface area contributed by atoms with Crippen LogP contribution < -0.4 is 0 Å². The predicted molar refractivity (Wildman–Crippen MR) is 102 cm³/mol. The summed E-state index contributed by atoms with van der Waals surface area (Å²) in [5, 5.41) is 7.15. The molecule has 2 rings (SSSR count). The van der Waals surface area contributed by atoms with E-state index in [2.05, 4.69) is 31.8 Å². The minimum atomic E-state index is 0.437. The molecule has 1 aromatic rings. The Kier molecular flexibility index (Phi) is 6.92. The normalized spacial score (nSPS) is 16.5. The third-order valence-electron chi connectivity index (χ3n) is 4.53. The molecule has 25 heavy (non-hydrogen) atoms. The number of nitrogens with one attached hydrogen (secondary N) is 2. The molecule has 1 fully saturated rings. The van der Waals surface area contributed by atoms with Gasteiger partial charge in [0.25, 0.3) is 0 Å². The van der Waals surface area contributed by atoms with E-state index in [1.54, 1.807) is 0 Å². The molecule has 0 spiro atoms. The maximum Gasteiger partial charge on any atom is 0.150 e. The average molecular weight is 341 g/mol. The van der Waals surface area contributed by atoms with Crippen molar-refractivity contribution in [1.82, 2.24) is 14.8 Å². The molecule has 0 bridgehead atoms. The van der Waals surface area contributed by atoms with Crippen LogP contribution >= 0.6 is 0 Å². The van der Waals surface area contributed by atoms with Crippen molar-refractivity contribution >= 4 is 18.0 Å². The van der Waals surface area contributed by atoms with Gasteiger partial charge < -0.3 is 14.8 Å². The van der Waals surface area contributed by atoms with Crippen LogP contribution in [0.3, 0.4) is 0 Å². The van der Waals surface area contributed by atoms with Crippen LogP contribution in [0.5, 0.6) is 0 Å². The highest BCUT2D eigenvalue weighted by Gasteiger charge is 2.24. The smallest absolute Gasteiger partial charge is 0.150 e. The molecular weight excluding hydrogens is 314 g/mol. The number of nitrogens with zero attached hydrogens (tertiary/aromatic N) is 3. The molecule has 6 nitrogen and oxygen atoms in total. The predicted octanol–water partition coefficient (Wildman–Crippen LogP) is 2.44. The summed E-state index contributed by atoms with van der Waals surface area (Å²) >= 11 is 0. The first kappa shape index (κ1) is 18.9. The fourth-order valence-corrected chi connectivity index (χ4v) is 3.21. The summed E-state index contributed by atoms with van der Waals surface area (Å²) < 4.78 is 0. The SMILES string of the molecule is CC(=NC=N)c1[nH]ccc1C1CCN(C(=C=O)/C=C/CN(C)C)CC1. The number of rotatable bonds is 7. The topological polar surface area (TPSA) is 75.5 Å². The zero-order valence-corrected chi connectivity index (χ0v) is 15.2. The molecule has 6 heteroatoms. The summed E-state index contributed by atoms with van der Waals surface area (Å²) in [6.07, 6.45) is 8.83. The van der Waals surface area contributed by atoms with E-state index in [4.69, 9.17) is 5.41 Å². The highest BCUT2D eigenvalue weighted by molar-refractivity contribution is 6.01. The van der Waals surface area contributed by atoms with Crippen LogP contribution in [0.4, 0.5) is 0 Å². The molecule has 0 aliphatic carbocycles. The summed E-state index contributed by atoms with van der Waals surface area (Å²) in [7, 11) is 4.00. The van der Waals surface area contributed by atoms with E-state index >= 15 is 0 Å². The molecule has 0 amide bonds. The van der Waals surface area contributed by atoms with Crippen LogP contribution in [0.15, 0.2) is 35.1 Å². The van der Waals surface area contributed by atoms with Gasteiger partial charge in [0.2, 0.25) is 0 Å². The molecule has 134 valence electrons. The second-order valence-corrected chi connectivity index (χ2v) is 6.56. The average Bonchev–Trinajstić information content (AvgIpc) is 3.09. The minimum Gasteiger partial charge on any atom is -0.363 e. The zero-order chi connectivity index (χ0) is 18.2. The second kappa shape index (κ2) is 9.16. The zero-order valence-electron chi connectivity index (χ0n) is 15.2. The number of carbonyl (C=O) groups excluding carboxylic acids is 1. The van der Waals surface area contributed by atoms with E-state index in [0.29, 0.717) is 11.6 Å². The summed E-state index contributed by atoms with van der Waals surface area (Å²) in [6, 6.07) is 2.10. The monoisotopic (exact) mass is 341 g/mol. The molecule has 1 saturated heterocycles. The Bertz CT molecular complexity index is 686. The number of likely N-dealkylation sites (N-methyl/N-ethyl adjacent to an activating group) is 1. The molecule has 1 aromatic heterocycles. The standard InChI is InChI=1S/C19H27N5O/c1-15(22-14-20)19-18(6-9-21-19)16-7-11-24(12-8-16)17(13-25)5-4-10-23(2)3/h4-6,9,14,16,20-21H,7-8,10-12H2,1-3H3/b5-4+,20-14?,22-15?. The third-order valence-corrected chi connectivity index (χ3v) is 4.53. The van der Waals surface area contributed by atoms with Crippen LogP contribution in [0.1, 0.15) is 36.9 Å². The van der Waals surface area contributed by atoms with Gasteiger partial charge >= 0.3 is 0 Å². The number of aromatic nitrogens is 1. The third kappa shape index (κ3) is 5.02.